The molecule has 0 bridgehead atoms. The molecule has 108 valence electrons. The number of H-pyrrole nitrogens is 1. The molecule has 4 nitrogen and oxygen atoms in total. The summed E-state index contributed by atoms with van der Waals surface area (Å²) >= 11 is 5.74. The van der Waals surface area contributed by atoms with E-state index in [4.69, 9.17) is 22.1 Å². The van der Waals surface area contributed by atoms with Gasteiger partial charge < -0.3 is 10.5 Å². The van der Waals surface area contributed by atoms with Crippen molar-refractivity contribution in [3.8, 4) is 5.75 Å². The molecule has 7 heteroatoms. The molecular formula is C14H10ClF2N3O. The van der Waals surface area contributed by atoms with Gasteiger partial charge in [-0.25, -0.2) is 8.78 Å². The number of anilines is 1. The van der Waals surface area contributed by atoms with Crippen LogP contribution in [-0.4, -0.2) is 10.2 Å². The summed E-state index contributed by atoms with van der Waals surface area (Å²) in [5.41, 5.74) is 6.42. The van der Waals surface area contributed by atoms with E-state index in [1.54, 1.807) is 18.2 Å². The molecule has 0 aliphatic heterocycles. The summed E-state index contributed by atoms with van der Waals surface area (Å²) < 4.78 is 32.4. The number of halogens is 3. The van der Waals surface area contributed by atoms with Crippen molar-refractivity contribution in [2.24, 2.45) is 0 Å². The summed E-state index contributed by atoms with van der Waals surface area (Å²) in [6.45, 7) is -0.189. The van der Waals surface area contributed by atoms with Crippen LogP contribution in [0.15, 0.2) is 30.3 Å². The lowest BCUT2D eigenvalue weighted by molar-refractivity contribution is 0.299. The zero-order valence-electron chi connectivity index (χ0n) is 10.7. The number of nitrogens with two attached hydrogens (primary N) is 1. The molecule has 21 heavy (non-hydrogen) atoms. The van der Waals surface area contributed by atoms with E-state index in [1.165, 1.54) is 0 Å². The van der Waals surface area contributed by atoms with E-state index >= 15 is 0 Å². The van der Waals surface area contributed by atoms with Gasteiger partial charge in [-0.15, -0.1) is 0 Å². The van der Waals surface area contributed by atoms with Gasteiger partial charge in [0.15, 0.2) is 5.82 Å². The van der Waals surface area contributed by atoms with Crippen LogP contribution in [0.25, 0.3) is 10.9 Å². The second-order valence-corrected chi connectivity index (χ2v) is 4.80. The highest BCUT2D eigenvalue weighted by Gasteiger charge is 2.13. The number of nitrogens with zero attached hydrogens (tertiary/aromatic N) is 1. The molecule has 0 unspecified atom stereocenters. The number of hydrogen-bond donors (Lipinski definition) is 2. The fraction of sp³-hybridized carbons (Fsp3) is 0.0714. The molecule has 2 aromatic carbocycles. The summed E-state index contributed by atoms with van der Waals surface area (Å²) in [4.78, 5) is 0. The minimum Gasteiger partial charge on any atom is -0.489 e. The zero-order chi connectivity index (χ0) is 15.0. The van der Waals surface area contributed by atoms with Gasteiger partial charge in [0.25, 0.3) is 0 Å². The van der Waals surface area contributed by atoms with Gasteiger partial charge in [0, 0.05) is 10.9 Å². The van der Waals surface area contributed by atoms with Crippen LogP contribution in [0.1, 0.15) is 5.56 Å². The van der Waals surface area contributed by atoms with Crippen molar-refractivity contribution in [1.29, 1.82) is 0 Å². The molecule has 1 aromatic heterocycles. The van der Waals surface area contributed by atoms with Gasteiger partial charge in [0.2, 0.25) is 0 Å². The van der Waals surface area contributed by atoms with Crippen molar-refractivity contribution in [1.82, 2.24) is 10.2 Å². The lowest BCUT2D eigenvalue weighted by Gasteiger charge is -2.09. The van der Waals surface area contributed by atoms with E-state index in [0.29, 0.717) is 17.0 Å². The van der Waals surface area contributed by atoms with Crippen LogP contribution in [0.4, 0.5) is 14.6 Å². The van der Waals surface area contributed by atoms with E-state index in [9.17, 15) is 8.78 Å². The normalized spacial score (nSPS) is 11.0. The monoisotopic (exact) mass is 309 g/mol. The molecule has 0 spiro atoms. The maximum Gasteiger partial charge on any atom is 0.153 e. The molecule has 0 aliphatic carbocycles. The van der Waals surface area contributed by atoms with Crippen molar-refractivity contribution in [2.45, 2.75) is 6.61 Å². The fourth-order valence-electron chi connectivity index (χ4n) is 1.96. The van der Waals surface area contributed by atoms with Gasteiger partial charge in [-0.3, -0.25) is 5.10 Å². The van der Waals surface area contributed by atoms with Crippen LogP contribution in [-0.2, 0) is 6.61 Å². The van der Waals surface area contributed by atoms with Gasteiger partial charge >= 0.3 is 0 Å². The molecule has 0 saturated heterocycles. The molecule has 3 N–H and O–H groups in total. The first kappa shape index (κ1) is 13.6. The predicted molar refractivity (Wildman–Crippen MR) is 76.2 cm³/mol. The quantitative estimate of drug-likeness (QED) is 0.726. The number of rotatable bonds is 3. The average Bonchev–Trinajstić information content (AvgIpc) is 2.84. The SMILES string of the molecule is Nc1n[nH]c2ccc(OCc3c(F)ccc(F)c3Cl)cc12. The Hall–Kier alpha value is -2.34. The Labute approximate surface area is 123 Å². The number of aromatic nitrogens is 2. The lowest BCUT2D eigenvalue weighted by Crippen LogP contribution is -2.01. The lowest BCUT2D eigenvalue weighted by atomic mass is 10.2. The van der Waals surface area contributed by atoms with Crippen molar-refractivity contribution < 1.29 is 13.5 Å². The van der Waals surface area contributed by atoms with Gasteiger partial charge in [0.1, 0.15) is 24.0 Å². The van der Waals surface area contributed by atoms with Crippen LogP contribution in [0.5, 0.6) is 5.75 Å². The van der Waals surface area contributed by atoms with Crippen LogP contribution >= 0.6 is 11.6 Å². The van der Waals surface area contributed by atoms with Crippen LogP contribution in [0.3, 0.4) is 0 Å². The maximum atomic E-state index is 13.6. The number of fused-ring (bicyclic) bond motifs is 1. The van der Waals surface area contributed by atoms with Crippen LogP contribution in [0, 0.1) is 11.6 Å². The molecule has 0 radical (unpaired) electrons. The summed E-state index contributed by atoms with van der Waals surface area (Å²) in [7, 11) is 0. The number of nitrogen functional groups attached to an aromatic ring is 1. The highest BCUT2D eigenvalue weighted by Crippen LogP contribution is 2.27. The number of ether oxygens (including phenoxy) is 1. The first-order valence-corrected chi connectivity index (χ1v) is 6.43. The summed E-state index contributed by atoms with van der Waals surface area (Å²) in [6, 6.07) is 7.05. The maximum absolute atomic E-state index is 13.6. The van der Waals surface area contributed by atoms with Crippen molar-refractivity contribution in [3.63, 3.8) is 0 Å². The molecule has 3 rings (SSSR count). The summed E-state index contributed by atoms with van der Waals surface area (Å²) in [5, 5.41) is 7.03. The average molecular weight is 310 g/mol. The zero-order valence-corrected chi connectivity index (χ0v) is 11.4. The highest BCUT2D eigenvalue weighted by molar-refractivity contribution is 6.31. The smallest absolute Gasteiger partial charge is 0.153 e. The molecule has 0 amide bonds. The Morgan fingerprint density at radius 2 is 1.95 bits per heavy atom. The molecule has 1 heterocycles. The minimum atomic E-state index is -0.689. The molecule has 0 fully saturated rings. The van der Waals surface area contributed by atoms with E-state index in [1.807, 2.05) is 0 Å². The van der Waals surface area contributed by atoms with Crippen LogP contribution in [0.2, 0.25) is 5.02 Å². The molecular weight excluding hydrogens is 300 g/mol. The predicted octanol–water partition coefficient (Wildman–Crippen LogP) is 3.66. The van der Waals surface area contributed by atoms with Crippen molar-refractivity contribution in [2.75, 3.05) is 5.73 Å². The molecule has 0 aliphatic rings. The number of hydrogen-bond acceptors (Lipinski definition) is 3. The molecule has 0 atom stereocenters. The van der Waals surface area contributed by atoms with E-state index in [-0.39, 0.29) is 17.2 Å². The highest BCUT2D eigenvalue weighted by atomic mass is 35.5. The second kappa shape index (κ2) is 5.21. The van der Waals surface area contributed by atoms with Crippen LogP contribution < -0.4 is 10.5 Å². The third-order valence-electron chi connectivity index (χ3n) is 3.09. The fourth-order valence-corrected chi connectivity index (χ4v) is 2.17. The van der Waals surface area contributed by atoms with Crippen molar-refractivity contribution >= 4 is 28.3 Å². The Morgan fingerprint density at radius 1 is 1.19 bits per heavy atom. The number of nitrogens with one attached hydrogen (secondary N) is 1. The minimum absolute atomic E-state index is 0.0306. The number of benzene rings is 2. The first-order valence-electron chi connectivity index (χ1n) is 6.05. The van der Waals surface area contributed by atoms with Gasteiger partial charge in [-0.05, 0) is 30.3 Å². The van der Waals surface area contributed by atoms with Gasteiger partial charge in [-0.2, -0.15) is 5.10 Å². The Kier molecular flexibility index (Phi) is 3.39. The first-order chi connectivity index (χ1) is 10.1. The third-order valence-corrected chi connectivity index (χ3v) is 3.49. The van der Waals surface area contributed by atoms with Gasteiger partial charge in [0.05, 0.1) is 10.5 Å². The van der Waals surface area contributed by atoms with Gasteiger partial charge in [-0.1, -0.05) is 11.6 Å². The summed E-state index contributed by atoms with van der Waals surface area (Å²) in [5.74, 6) is -0.516. The topological polar surface area (TPSA) is 63.9 Å². The van der Waals surface area contributed by atoms with Crippen molar-refractivity contribution in [3.05, 3.63) is 52.6 Å². The number of aromatic amines is 1. The van der Waals surface area contributed by atoms with E-state index < -0.39 is 11.6 Å². The largest absolute Gasteiger partial charge is 0.489 e. The van der Waals surface area contributed by atoms with E-state index in [0.717, 1.165) is 17.6 Å². The summed E-state index contributed by atoms with van der Waals surface area (Å²) in [6.07, 6.45) is 0. The second-order valence-electron chi connectivity index (χ2n) is 4.43. The Morgan fingerprint density at radius 3 is 2.76 bits per heavy atom. The molecule has 3 aromatic rings. The third kappa shape index (κ3) is 2.50. The standard InChI is InChI=1S/C14H10ClF2N3O/c15-13-9(10(16)2-3-11(13)17)6-21-7-1-4-12-8(5-7)14(18)20-19-12/h1-5H,6H2,(H3,18,19,20). The Bertz CT molecular complexity index is 819. The Balaban J connectivity index is 1.86. The molecule has 0 saturated carbocycles. The van der Waals surface area contributed by atoms with E-state index in [2.05, 4.69) is 10.2 Å².